The van der Waals surface area contributed by atoms with Crippen LogP contribution < -0.4 is 0 Å². The zero-order valence-corrected chi connectivity index (χ0v) is 23.5. The quantitative estimate of drug-likeness (QED) is 0.377. The highest BCUT2D eigenvalue weighted by atomic mass is 16.7. The van der Waals surface area contributed by atoms with Crippen LogP contribution in [0.25, 0.3) is 0 Å². The predicted molar refractivity (Wildman–Crippen MR) is 135 cm³/mol. The zero-order valence-electron chi connectivity index (χ0n) is 23.5. The van der Waals surface area contributed by atoms with E-state index >= 15 is 0 Å². The van der Waals surface area contributed by atoms with Crippen molar-refractivity contribution >= 4 is 17.7 Å². The van der Waals surface area contributed by atoms with Gasteiger partial charge < -0.3 is 29.2 Å². The van der Waals surface area contributed by atoms with Crippen LogP contribution in [0.4, 0.5) is 0 Å². The molecule has 9 nitrogen and oxygen atoms in total. The number of esters is 2. The van der Waals surface area contributed by atoms with Crippen molar-refractivity contribution in [1.29, 1.82) is 0 Å². The number of aliphatic hydroxyl groups is 2. The molecule has 2 spiro atoms. The number of rotatable bonds is 1. The van der Waals surface area contributed by atoms with Gasteiger partial charge in [0.15, 0.2) is 11.9 Å². The van der Waals surface area contributed by atoms with Crippen LogP contribution in [-0.2, 0) is 33.3 Å². The molecule has 4 aliphatic carbocycles. The first-order chi connectivity index (χ1) is 18.2. The Balaban J connectivity index is 1.26. The molecule has 39 heavy (non-hydrogen) atoms. The van der Waals surface area contributed by atoms with Crippen LogP contribution in [0.5, 0.6) is 0 Å². The molecule has 0 radical (unpaired) electrons. The van der Waals surface area contributed by atoms with E-state index in [1.165, 1.54) is 6.92 Å². The van der Waals surface area contributed by atoms with Crippen LogP contribution in [-0.4, -0.2) is 69.3 Å². The van der Waals surface area contributed by atoms with Gasteiger partial charge in [-0.15, -0.1) is 0 Å². The second kappa shape index (κ2) is 7.52. The maximum atomic E-state index is 13.7. The van der Waals surface area contributed by atoms with Crippen molar-refractivity contribution in [2.75, 3.05) is 0 Å². The summed E-state index contributed by atoms with van der Waals surface area (Å²) in [7, 11) is 0. The number of fused-ring (bicyclic) bond motifs is 6. The van der Waals surface area contributed by atoms with Crippen LogP contribution >= 0.6 is 0 Å². The monoisotopic (exact) mass is 544 g/mol. The van der Waals surface area contributed by atoms with Gasteiger partial charge in [-0.1, -0.05) is 20.8 Å². The van der Waals surface area contributed by atoms with Gasteiger partial charge in [0.2, 0.25) is 5.79 Å². The third-order valence-corrected chi connectivity index (χ3v) is 12.8. The summed E-state index contributed by atoms with van der Waals surface area (Å²) in [4.78, 5) is 38.1. The van der Waals surface area contributed by atoms with Gasteiger partial charge in [0.1, 0.15) is 17.3 Å². The number of carbonyl (C=O) groups excluding carboxylic acids is 3. The van der Waals surface area contributed by atoms with Gasteiger partial charge >= 0.3 is 11.9 Å². The van der Waals surface area contributed by atoms with Crippen LogP contribution in [0.15, 0.2) is 12.2 Å². The second-order valence-corrected chi connectivity index (χ2v) is 14.2. The Bertz CT molecular complexity index is 1190. The first-order valence-electron chi connectivity index (χ1n) is 14.5. The Hall–Kier alpha value is -1.81. The molecule has 7 rings (SSSR count). The highest BCUT2D eigenvalue weighted by molar-refractivity contribution is 5.98. The lowest BCUT2D eigenvalue weighted by Gasteiger charge is -2.60. The normalized spacial score (nSPS) is 60.5. The van der Waals surface area contributed by atoms with Gasteiger partial charge in [-0.05, 0) is 74.9 Å². The lowest BCUT2D eigenvalue weighted by Crippen LogP contribution is -2.71. The molecule has 0 aromatic carbocycles. The first-order valence-corrected chi connectivity index (χ1v) is 14.5. The molecule has 214 valence electrons. The lowest BCUT2D eigenvalue weighted by atomic mass is 9.44. The summed E-state index contributed by atoms with van der Waals surface area (Å²) in [6, 6.07) is 0. The number of hydrogen-bond acceptors (Lipinski definition) is 9. The second-order valence-electron chi connectivity index (χ2n) is 14.2. The van der Waals surface area contributed by atoms with Gasteiger partial charge in [0.25, 0.3) is 0 Å². The SMILES string of the molecule is CC(=O)O[C@H]1C=CC(=O)[C@]2(C)[C@H]3CC[C@]4(C)C5C(C[C@H]4[C@@H]3C[C@H]3O[C@]132)OC1(OC(=O)[C@H](C)[C@H]1C)[C@@H](O)[C@]5(C)O. The van der Waals surface area contributed by atoms with E-state index < -0.39 is 64.5 Å². The molecule has 0 bridgehead atoms. The van der Waals surface area contributed by atoms with E-state index in [-0.39, 0.29) is 41.0 Å². The highest BCUT2D eigenvalue weighted by Gasteiger charge is 2.82. The average Bonchev–Trinajstić information content (AvgIpc) is 3.45. The molecule has 7 aliphatic rings. The molecular formula is C30H40O9. The number of ketones is 1. The van der Waals surface area contributed by atoms with Crippen molar-refractivity contribution in [3.8, 4) is 0 Å². The molecule has 15 atom stereocenters. The van der Waals surface area contributed by atoms with Crippen LogP contribution in [0, 0.1) is 46.3 Å². The molecule has 0 aromatic rings. The number of epoxide rings is 1. The molecule has 3 heterocycles. The molecule has 3 saturated heterocycles. The summed E-state index contributed by atoms with van der Waals surface area (Å²) >= 11 is 0. The van der Waals surface area contributed by atoms with Crippen molar-refractivity contribution in [3.63, 3.8) is 0 Å². The molecule has 3 unspecified atom stereocenters. The number of hydrogen-bond donors (Lipinski definition) is 2. The van der Waals surface area contributed by atoms with E-state index in [4.69, 9.17) is 18.9 Å². The molecule has 2 N–H and O–H groups in total. The minimum Gasteiger partial charge on any atom is -0.455 e. The van der Waals surface area contributed by atoms with E-state index in [1.807, 2.05) is 13.8 Å². The molecule has 0 aromatic heterocycles. The van der Waals surface area contributed by atoms with E-state index in [0.717, 1.165) is 19.3 Å². The summed E-state index contributed by atoms with van der Waals surface area (Å²) in [5.74, 6) is -3.39. The molecular weight excluding hydrogens is 504 g/mol. The fourth-order valence-electron chi connectivity index (χ4n) is 10.8. The minimum absolute atomic E-state index is 0.0112. The number of allylic oxidation sites excluding steroid dienone is 1. The summed E-state index contributed by atoms with van der Waals surface area (Å²) in [5, 5.41) is 23.6. The van der Waals surface area contributed by atoms with Gasteiger partial charge in [-0.3, -0.25) is 14.4 Å². The minimum atomic E-state index is -1.58. The van der Waals surface area contributed by atoms with Crippen molar-refractivity contribution < 1.29 is 43.5 Å². The third kappa shape index (κ3) is 2.79. The summed E-state index contributed by atoms with van der Waals surface area (Å²) in [6.45, 7) is 10.8. The maximum absolute atomic E-state index is 13.7. The van der Waals surface area contributed by atoms with Crippen molar-refractivity contribution in [2.24, 2.45) is 46.3 Å². The Morgan fingerprint density at radius 2 is 1.82 bits per heavy atom. The van der Waals surface area contributed by atoms with E-state index in [9.17, 15) is 24.6 Å². The van der Waals surface area contributed by atoms with E-state index in [0.29, 0.717) is 6.42 Å². The Labute approximate surface area is 228 Å². The topological polar surface area (TPSA) is 132 Å². The lowest BCUT2D eigenvalue weighted by molar-refractivity contribution is -0.368. The van der Waals surface area contributed by atoms with E-state index in [1.54, 1.807) is 26.0 Å². The van der Waals surface area contributed by atoms with Crippen LogP contribution in [0.1, 0.15) is 67.2 Å². The molecule has 6 fully saturated rings. The Kier molecular flexibility index (Phi) is 5.04. The standard InChI is InChI=1S/C30H40O9/c1-13-14(2)30(39-24(13)33)25(34)28(6,35)23-19(37-30)12-18-16-11-22-29(38-22)21(36-15(3)31)8-7-20(32)27(29,5)17(16)9-10-26(18,23)4/h7-8,13-14,16-19,21-23,25,34-35H,9-12H2,1-6H3/t13-,14-,16-,17+,18+,19?,21+,22-,23?,25+,26+,27+,28-,29-,30?/m1/s1. The Morgan fingerprint density at radius 1 is 1.10 bits per heavy atom. The highest BCUT2D eigenvalue weighted by Crippen LogP contribution is 2.74. The smallest absolute Gasteiger partial charge is 0.311 e. The van der Waals surface area contributed by atoms with Gasteiger partial charge in [0.05, 0.1) is 23.5 Å². The molecule has 0 amide bonds. The largest absolute Gasteiger partial charge is 0.455 e. The van der Waals surface area contributed by atoms with Crippen molar-refractivity contribution in [2.45, 2.75) is 109 Å². The summed E-state index contributed by atoms with van der Waals surface area (Å²) in [5.41, 5.74) is -3.57. The summed E-state index contributed by atoms with van der Waals surface area (Å²) < 4.78 is 24.4. The van der Waals surface area contributed by atoms with Gasteiger partial charge in [-0.2, -0.15) is 0 Å². The first kappa shape index (κ1) is 26.1. The van der Waals surface area contributed by atoms with Gasteiger partial charge in [0, 0.05) is 18.8 Å². The third-order valence-electron chi connectivity index (χ3n) is 12.8. The van der Waals surface area contributed by atoms with Crippen LogP contribution in [0.2, 0.25) is 0 Å². The van der Waals surface area contributed by atoms with Gasteiger partial charge in [-0.25, -0.2) is 0 Å². The van der Waals surface area contributed by atoms with Crippen LogP contribution in [0.3, 0.4) is 0 Å². The Morgan fingerprint density at radius 3 is 2.46 bits per heavy atom. The fourth-order valence-corrected chi connectivity index (χ4v) is 10.8. The summed E-state index contributed by atoms with van der Waals surface area (Å²) in [6.07, 6.45) is 3.51. The number of carbonyl (C=O) groups is 3. The van der Waals surface area contributed by atoms with Crippen molar-refractivity contribution in [1.82, 2.24) is 0 Å². The molecule has 3 saturated carbocycles. The predicted octanol–water partition coefficient (Wildman–Crippen LogP) is 2.31. The number of ether oxygens (including phenoxy) is 4. The number of aliphatic hydroxyl groups excluding tert-OH is 1. The average molecular weight is 545 g/mol. The molecule has 3 aliphatic heterocycles. The van der Waals surface area contributed by atoms with Crippen molar-refractivity contribution in [3.05, 3.63) is 12.2 Å². The zero-order chi connectivity index (χ0) is 28.1. The van der Waals surface area contributed by atoms with E-state index in [2.05, 4.69) is 6.92 Å². The maximum Gasteiger partial charge on any atom is 0.311 e. The molecule has 9 heteroatoms. The fraction of sp³-hybridized carbons (Fsp3) is 0.833.